The first kappa shape index (κ1) is 36.7. The van der Waals surface area contributed by atoms with Gasteiger partial charge in [-0.2, -0.15) is 0 Å². The molecule has 0 saturated heterocycles. The standard InChI is InChI=1S/C34H36BrClN4O8/c1-47-33-19(15-37-17-21(41)13-29(43)44)9-11-27(39-33)25-7-3-5-23(31(25)35)24-6-4-8-26(32(24)36)28-12-10-20(34(40-28)48-2)16-38-18-22(42)14-30(45)46/h3-12,21-22,37-38,41-42H,13-18H2,1-2H3,(H,43,44)(H,45,46)/t21-,22-/m0/s1. The molecule has 0 aliphatic heterocycles. The van der Waals surface area contributed by atoms with Gasteiger partial charge in [0.1, 0.15) is 0 Å². The number of methoxy groups -OCH3 is 2. The van der Waals surface area contributed by atoms with Gasteiger partial charge in [0, 0.05) is 58.5 Å². The van der Waals surface area contributed by atoms with Gasteiger partial charge < -0.3 is 40.5 Å². The van der Waals surface area contributed by atoms with Crippen LogP contribution in [0.5, 0.6) is 11.8 Å². The Balaban J connectivity index is 1.57. The number of rotatable bonds is 17. The summed E-state index contributed by atoms with van der Waals surface area (Å²) in [5, 5.41) is 43.9. The van der Waals surface area contributed by atoms with Crippen molar-refractivity contribution in [1.82, 2.24) is 20.6 Å². The minimum atomic E-state index is -1.07. The van der Waals surface area contributed by atoms with Crippen LogP contribution in [0.3, 0.4) is 0 Å². The van der Waals surface area contributed by atoms with Gasteiger partial charge in [0.2, 0.25) is 11.8 Å². The van der Waals surface area contributed by atoms with E-state index in [1.54, 1.807) is 0 Å². The molecular weight excluding hydrogens is 708 g/mol. The highest BCUT2D eigenvalue weighted by molar-refractivity contribution is 9.10. The molecule has 0 unspecified atom stereocenters. The quantitative estimate of drug-likeness (QED) is 0.0874. The van der Waals surface area contributed by atoms with Gasteiger partial charge in [0.05, 0.1) is 55.7 Å². The first-order valence-corrected chi connectivity index (χ1v) is 16.1. The van der Waals surface area contributed by atoms with E-state index in [0.29, 0.717) is 46.8 Å². The first-order valence-electron chi connectivity index (χ1n) is 14.9. The molecule has 0 aliphatic carbocycles. The summed E-state index contributed by atoms with van der Waals surface area (Å²) in [6.07, 6.45) is -2.73. The van der Waals surface area contributed by atoms with Crippen molar-refractivity contribution >= 4 is 39.5 Å². The van der Waals surface area contributed by atoms with E-state index in [0.717, 1.165) is 32.3 Å². The SMILES string of the molecule is COc1nc(-c2cccc(-c3cccc(-c4ccc(CNC[C@@H](O)CC(=O)O)c(OC)n4)c3Br)c2Cl)ccc1CNC[C@@H](O)CC(=O)O. The molecule has 0 bridgehead atoms. The topological polar surface area (TPSA) is 183 Å². The zero-order valence-electron chi connectivity index (χ0n) is 26.2. The summed E-state index contributed by atoms with van der Waals surface area (Å²) in [5.74, 6) is -1.39. The summed E-state index contributed by atoms with van der Waals surface area (Å²) in [5.41, 5.74) is 5.78. The Kier molecular flexibility index (Phi) is 13.3. The van der Waals surface area contributed by atoms with E-state index < -0.39 is 24.1 Å². The van der Waals surface area contributed by atoms with Crippen molar-refractivity contribution < 1.29 is 39.5 Å². The van der Waals surface area contributed by atoms with Crippen molar-refractivity contribution in [2.75, 3.05) is 27.3 Å². The number of aliphatic hydroxyl groups is 2. The van der Waals surface area contributed by atoms with Gasteiger partial charge >= 0.3 is 11.9 Å². The molecule has 4 aromatic rings. The molecule has 2 aromatic heterocycles. The Hall–Kier alpha value is -4.11. The Labute approximate surface area is 290 Å². The summed E-state index contributed by atoms with van der Waals surface area (Å²) in [6.45, 7) is 0.842. The molecule has 6 N–H and O–H groups in total. The molecule has 0 fully saturated rings. The van der Waals surface area contributed by atoms with Gasteiger partial charge in [-0.25, -0.2) is 9.97 Å². The number of hydrogen-bond acceptors (Lipinski definition) is 10. The molecule has 14 heteroatoms. The molecule has 2 heterocycles. The van der Waals surface area contributed by atoms with Crippen LogP contribution in [0, 0.1) is 0 Å². The van der Waals surface area contributed by atoms with Crippen LogP contribution in [0.15, 0.2) is 65.1 Å². The molecule has 0 radical (unpaired) electrons. The lowest BCUT2D eigenvalue weighted by Crippen LogP contribution is -2.28. The van der Waals surface area contributed by atoms with Crippen molar-refractivity contribution in [3.05, 3.63) is 81.3 Å². The van der Waals surface area contributed by atoms with Crippen LogP contribution in [0.1, 0.15) is 24.0 Å². The second kappa shape index (κ2) is 17.3. The number of carboxylic acids is 2. The lowest BCUT2D eigenvalue weighted by Gasteiger charge is -2.16. The van der Waals surface area contributed by atoms with E-state index in [4.69, 9.17) is 36.3 Å². The van der Waals surface area contributed by atoms with E-state index in [1.165, 1.54) is 14.2 Å². The highest BCUT2D eigenvalue weighted by Crippen LogP contribution is 2.42. The molecule has 48 heavy (non-hydrogen) atoms. The maximum absolute atomic E-state index is 10.8. The summed E-state index contributed by atoms with van der Waals surface area (Å²) in [7, 11) is 3.03. The van der Waals surface area contributed by atoms with Crippen molar-refractivity contribution in [1.29, 1.82) is 0 Å². The third-order valence-electron chi connectivity index (χ3n) is 7.32. The highest BCUT2D eigenvalue weighted by Gasteiger charge is 2.19. The average Bonchev–Trinajstić information content (AvgIpc) is 3.05. The number of aliphatic hydroxyl groups excluding tert-OH is 2. The number of ether oxygens (including phenoxy) is 2. The number of nitrogens with zero attached hydrogens (tertiary/aromatic N) is 2. The fourth-order valence-corrected chi connectivity index (χ4v) is 6.04. The molecule has 0 aliphatic rings. The minimum Gasteiger partial charge on any atom is -0.481 e. The van der Waals surface area contributed by atoms with E-state index in [2.05, 4.69) is 31.5 Å². The second-order valence-corrected chi connectivity index (χ2v) is 12.0. The maximum atomic E-state index is 10.8. The van der Waals surface area contributed by atoms with Gasteiger partial charge in [0.25, 0.3) is 0 Å². The normalized spacial score (nSPS) is 12.4. The number of aliphatic carboxylic acids is 2. The number of nitrogens with one attached hydrogen (secondary N) is 2. The largest absolute Gasteiger partial charge is 0.481 e. The number of hydrogen-bond donors (Lipinski definition) is 6. The lowest BCUT2D eigenvalue weighted by atomic mass is 9.98. The number of halogens is 2. The van der Waals surface area contributed by atoms with E-state index >= 15 is 0 Å². The number of aromatic nitrogens is 2. The molecule has 0 spiro atoms. The molecule has 2 aromatic carbocycles. The first-order chi connectivity index (χ1) is 23.0. The van der Waals surface area contributed by atoms with Crippen molar-refractivity contribution in [2.24, 2.45) is 0 Å². The Morgan fingerprint density at radius 2 is 1.17 bits per heavy atom. The Morgan fingerprint density at radius 1 is 0.729 bits per heavy atom. The number of pyridine rings is 2. The molecule has 0 saturated carbocycles. The van der Waals surface area contributed by atoms with Crippen LogP contribution < -0.4 is 20.1 Å². The van der Waals surface area contributed by atoms with Gasteiger partial charge in [-0.3, -0.25) is 9.59 Å². The van der Waals surface area contributed by atoms with E-state index in [-0.39, 0.29) is 25.9 Å². The third kappa shape index (κ3) is 9.49. The van der Waals surface area contributed by atoms with E-state index in [9.17, 15) is 19.8 Å². The molecular formula is C34H36BrClN4O8. The molecule has 254 valence electrons. The highest BCUT2D eigenvalue weighted by atomic mass is 79.9. The van der Waals surface area contributed by atoms with Gasteiger partial charge in [-0.1, -0.05) is 60.1 Å². The number of benzene rings is 2. The zero-order valence-corrected chi connectivity index (χ0v) is 28.6. The van der Waals surface area contributed by atoms with Gasteiger partial charge in [0.15, 0.2) is 0 Å². The zero-order chi connectivity index (χ0) is 34.8. The summed E-state index contributed by atoms with van der Waals surface area (Å²) >= 11 is 10.8. The van der Waals surface area contributed by atoms with Crippen molar-refractivity contribution in [3.63, 3.8) is 0 Å². The van der Waals surface area contributed by atoms with Crippen molar-refractivity contribution in [2.45, 2.75) is 38.1 Å². The lowest BCUT2D eigenvalue weighted by molar-refractivity contribution is -0.140. The minimum absolute atomic E-state index is 0.101. The van der Waals surface area contributed by atoms with E-state index in [1.807, 2.05) is 60.7 Å². The Bertz CT molecular complexity index is 1630. The third-order valence-corrected chi connectivity index (χ3v) is 8.58. The number of carboxylic acid groups (broad SMARTS) is 2. The summed E-state index contributed by atoms with van der Waals surface area (Å²) in [4.78, 5) is 31.0. The fourth-order valence-electron chi connectivity index (χ4n) is 5.03. The van der Waals surface area contributed by atoms with Crippen LogP contribution in [0.2, 0.25) is 5.02 Å². The van der Waals surface area contributed by atoms with Crippen LogP contribution in [0.25, 0.3) is 33.6 Å². The van der Waals surface area contributed by atoms with Crippen molar-refractivity contribution in [3.8, 4) is 45.4 Å². The summed E-state index contributed by atoms with van der Waals surface area (Å²) in [6, 6.07) is 18.8. The van der Waals surface area contributed by atoms with Gasteiger partial charge in [-0.15, -0.1) is 0 Å². The van der Waals surface area contributed by atoms with Crippen LogP contribution in [-0.2, 0) is 22.7 Å². The molecule has 0 amide bonds. The maximum Gasteiger partial charge on any atom is 0.306 e. The smallest absolute Gasteiger partial charge is 0.306 e. The predicted molar refractivity (Wildman–Crippen MR) is 184 cm³/mol. The van der Waals surface area contributed by atoms with Gasteiger partial charge in [-0.05, 0) is 33.6 Å². The van der Waals surface area contributed by atoms with Crippen LogP contribution in [-0.4, -0.2) is 81.8 Å². The molecule has 4 rings (SSSR count). The second-order valence-electron chi connectivity index (χ2n) is 10.8. The van der Waals surface area contributed by atoms with Crippen LogP contribution in [0.4, 0.5) is 0 Å². The monoisotopic (exact) mass is 742 g/mol. The fraction of sp³-hybridized carbons (Fsp3) is 0.294. The average molecular weight is 744 g/mol. The van der Waals surface area contributed by atoms with Crippen LogP contribution >= 0.6 is 27.5 Å². The Morgan fingerprint density at radius 3 is 1.65 bits per heavy atom. The number of carbonyl (C=O) groups is 2. The molecule has 12 nitrogen and oxygen atoms in total. The molecule has 2 atom stereocenters. The predicted octanol–water partition coefficient (Wildman–Crippen LogP) is 4.76. The summed E-state index contributed by atoms with van der Waals surface area (Å²) < 4.78 is 11.8.